The fraction of sp³-hybridized carbons (Fsp3) is 0.265. The van der Waals surface area contributed by atoms with E-state index in [0.717, 1.165) is 33.4 Å². The van der Waals surface area contributed by atoms with Crippen molar-refractivity contribution in [3.05, 3.63) is 285 Å². The molecule has 0 bridgehead atoms. The zero-order chi connectivity index (χ0) is 62.6. The Labute approximate surface area is 499 Å². The molecule has 0 unspecified atom stereocenters. The Morgan fingerprint density at radius 2 is 0.602 bits per heavy atom. The largest absolute Gasteiger partial charge is 0.431 e. The number of carbonyl (C=O) groups excluding carboxylic acids is 2. The molecule has 2 saturated heterocycles. The Morgan fingerprint density at radius 1 is 0.364 bits per heavy atom. The van der Waals surface area contributed by atoms with Crippen molar-refractivity contribution < 1.29 is 81.2 Å². The van der Waals surface area contributed by atoms with E-state index < -0.39 is 94.4 Å². The number of hydrogen-bond acceptors (Lipinski definition) is 8. The van der Waals surface area contributed by atoms with Crippen LogP contribution in [0.5, 0.6) is 0 Å². The molecule has 8 aromatic carbocycles. The van der Waals surface area contributed by atoms with Gasteiger partial charge in [0.05, 0.1) is 58.4 Å². The van der Waals surface area contributed by atoms with Gasteiger partial charge in [-0.25, -0.2) is 9.59 Å². The topological polar surface area (TPSA) is 77.5 Å². The Kier molecular flexibility index (Phi) is 20.6. The van der Waals surface area contributed by atoms with Gasteiger partial charge in [-0.2, -0.15) is 52.7 Å². The first kappa shape index (κ1) is 64.2. The quantitative estimate of drug-likeness (QED) is 0.0621. The second kappa shape index (κ2) is 28.2. The molecule has 0 amide bonds. The van der Waals surface area contributed by atoms with Crippen LogP contribution in [0.3, 0.4) is 0 Å². The van der Waals surface area contributed by atoms with Crippen molar-refractivity contribution in [3.8, 4) is 0 Å². The lowest BCUT2D eigenvalue weighted by Gasteiger charge is -2.29. The van der Waals surface area contributed by atoms with Crippen LogP contribution in [0.15, 0.2) is 218 Å². The van der Waals surface area contributed by atoms with Crippen molar-refractivity contribution in [2.75, 3.05) is 26.3 Å². The van der Waals surface area contributed by atoms with Crippen LogP contribution in [0, 0.1) is 11.8 Å². The molecule has 0 radical (unpaired) electrons. The molecule has 6 atom stereocenters. The van der Waals surface area contributed by atoms with Gasteiger partial charge in [-0.05, 0) is 69.8 Å². The second-order valence-electron chi connectivity index (χ2n) is 21.5. The normalized spacial score (nSPS) is 18.8. The SMILES string of the molecule is O=C(O[C@@H]1OC[C@H](CN(Cc2ccccc2)Cc2ccccc2)[C@H]1c1ccccc1)c1cc(C(F)(F)F)cc(C(F)(F)F)c1.O=C(O[C@H]1OC[C@H](CN(Cc2ccccc2)Cc2ccccc2)[C@H]1c1ccccc1)c1cc(C(F)(F)F)cc(C(F)(F)F)c1. The summed E-state index contributed by atoms with van der Waals surface area (Å²) in [5.41, 5.74) is -2.20. The highest BCUT2D eigenvalue weighted by molar-refractivity contribution is 5.90. The van der Waals surface area contributed by atoms with Crippen LogP contribution in [-0.2, 0) is 69.8 Å². The van der Waals surface area contributed by atoms with Gasteiger partial charge in [0.2, 0.25) is 12.6 Å². The number of hydrogen-bond donors (Lipinski definition) is 0. The van der Waals surface area contributed by atoms with E-state index in [-0.39, 0.29) is 37.2 Å². The maximum Gasteiger partial charge on any atom is 0.416 e. The summed E-state index contributed by atoms with van der Waals surface area (Å²) in [6.45, 7) is 3.80. The maximum atomic E-state index is 13.4. The van der Waals surface area contributed by atoms with Crippen molar-refractivity contribution in [2.24, 2.45) is 11.8 Å². The zero-order valence-electron chi connectivity index (χ0n) is 46.8. The minimum absolute atomic E-state index is 0.0281. The number of alkyl halides is 12. The summed E-state index contributed by atoms with van der Waals surface area (Å²) < 4.78 is 184. The summed E-state index contributed by atoms with van der Waals surface area (Å²) in [5, 5.41) is 0. The van der Waals surface area contributed by atoms with E-state index in [1.165, 1.54) is 0 Å². The number of halogens is 12. The first-order valence-electron chi connectivity index (χ1n) is 27.9. The van der Waals surface area contributed by atoms with Crippen LogP contribution in [0.25, 0.3) is 0 Å². The van der Waals surface area contributed by atoms with Gasteiger partial charge in [-0.1, -0.05) is 182 Å². The number of ether oxygens (including phenoxy) is 4. The van der Waals surface area contributed by atoms with Crippen LogP contribution >= 0.6 is 0 Å². The monoisotopic (exact) mass is 1230 g/mol. The van der Waals surface area contributed by atoms with E-state index in [1.54, 1.807) is 24.3 Å². The van der Waals surface area contributed by atoms with Crippen LogP contribution in [0.2, 0.25) is 0 Å². The van der Waals surface area contributed by atoms with Gasteiger partial charge in [0.25, 0.3) is 0 Å². The third-order valence-corrected chi connectivity index (χ3v) is 15.0. The molecule has 0 spiro atoms. The van der Waals surface area contributed by atoms with Gasteiger partial charge in [0, 0.05) is 51.1 Å². The van der Waals surface area contributed by atoms with E-state index in [4.69, 9.17) is 18.9 Å². The van der Waals surface area contributed by atoms with Gasteiger partial charge in [0.1, 0.15) is 0 Å². The van der Waals surface area contributed by atoms with E-state index in [9.17, 15) is 62.3 Å². The van der Waals surface area contributed by atoms with Gasteiger partial charge in [-0.3, -0.25) is 9.80 Å². The molecule has 2 heterocycles. The van der Waals surface area contributed by atoms with E-state index >= 15 is 0 Å². The summed E-state index contributed by atoms with van der Waals surface area (Å²) >= 11 is 0. The number of carbonyl (C=O) groups is 2. The smallest absolute Gasteiger partial charge is 0.416 e. The third-order valence-electron chi connectivity index (χ3n) is 15.0. The summed E-state index contributed by atoms with van der Waals surface area (Å²) in [7, 11) is 0. The Hall–Kier alpha value is -8.30. The Balaban J connectivity index is 0.000000209. The molecular formula is C68H58F12N2O6. The van der Waals surface area contributed by atoms with E-state index in [2.05, 4.69) is 9.80 Å². The molecular weight excluding hydrogens is 1170 g/mol. The van der Waals surface area contributed by atoms with Crippen LogP contribution in [-0.4, -0.2) is 60.6 Å². The molecule has 0 aliphatic carbocycles. The highest BCUT2D eigenvalue weighted by atomic mass is 19.4. The molecule has 20 heteroatoms. The molecule has 2 fully saturated rings. The summed E-state index contributed by atoms with van der Waals surface area (Å²) in [6, 6.07) is 59.1. The van der Waals surface area contributed by atoms with Crippen molar-refractivity contribution in [2.45, 2.75) is 75.3 Å². The standard InChI is InChI=1S/2C34H29F6NO3/c2*35-33(36,37)28-16-26(17-29(18-28)34(38,39)40)31(42)44-32-30(25-14-8-3-9-15-25)27(22-43-32)21-41(19-23-10-4-1-5-11-23)20-24-12-6-2-7-13-24/h2*1-18,27,30,32H,19-22H2/t27-,30+,32+;27-,30+,32-/m00/s1. The molecule has 8 nitrogen and oxygen atoms in total. The van der Waals surface area contributed by atoms with Crippen molar-refractivity contribution >= 4 is 11.9 Å². The van der Waals surface area contributed by atoms with Crippen LogP contribution in [0.1, 0.15) is 88.2 Å². The van der Waals surface area contributed by atoms with Crippen molar-refractivity contribution in [1.82, 2.24) is 9.80 Å². The number of benzene rings is 8. The first-order valence-corrected chi connectivity index (χ1v) is 27.9. The second-order valence-corrected chi connectivity index (χ2v) is 21.5. The van der Waals surface area contributed by atoms with Gasteiger partial charge < -0.3 is 18.9 Å². The van der Waals surface area contributed by atoms with Crippen molar-refractivity contribution in [1.29, 1.82) is 0 Å². The molecule has 0 saturated carbocycles. The first-order chi connectivity index (χ1) is 41.9. The fourth-order valence-electron chi connectivity index (χ4n) is 10.9. The predicted octanol–water partition coefficient (Wildman–Crippen LogP) is 16.7. The molecule has 0 N–H and O–H groups in total. The minimum atomic E-state index is -5.10. The van der Waals surface area contributed by atoms with Crippen LogP contribution in [0.4, 0.5) is 52.7 Å². The summed E-state index contributed by atoms with van der Waals surface area (Å²) in [5.74, 6) is -4.15. The minimum Gasteiger partial charge on any atom is -0.431 e. The Bertz CT molecular complexity index is 3140. The average Bonchev–Trinajstić information content (AvgIpc) is 1.68. The fourth-order valence-corrected chi connectivity index (χ4v) is 10.9. The average molecular weight is 1230 g/mol. The lowest BCUT2D eigenvalue weighted by atomic mass is 9.87. The molecule has 8 aromatic rings. The molecule has 10 rings (SSSR count). The molecule has 2 aliphatic heterocycles. The number of rotatable bonds is 18. The molecule has 2 aliphatic rings. The zero-order valence-corrected chi connectivity index (χ0v) is 46.8. The summed E-state index contributed by atoms with van der Waals surface area (Å²) in [4.78, 5) is 30.7. The molecule has 0 aromatic heterocycles. The van der Waals surface area contributed by atoms with E-state index in [0.29, 0.717) is 63.5 Å². The highest BCUT2D eigenvalue weighted by Gasteiger charge is 2.45. The molecule has 88 heavy (non-hydrogen) atoms. The Morgan fingerprint density at radius 3 is 0.841 bits per heavy atom. The van der Waals surface area contributed by atoms with Gasteiger partial charge >= 0.3 is 36.6 Å². The van der Waals surface area contributed by atoms with E-state index in [1.807, 2.05) is 158 Å². The predicted molar refractivity (Wildman–Crippen MR) is 303 cm³/mol. The van der Waals surface area contributed by atoms with Crippen molar-refractivity contribution in [3.63, 3.8) is 0 Å². The maximum absolute atomic E-state index is 13.4. The molecule has 460 valence electrons. The lowest BCUT2D eigenvalue weighted by Crippen LogP contribution is -2.33. The number of esters is 2. The highest BCUT2D eigenvalue weighted by Crippen LogP contribution is 2.43. The number of nitrogens with zero attached hydrogens (tertiary/aromatic N) is 2. The third kappa shape index (κ3) is 17.5. The lowest BCUT2D eigenvalue weighted by molar-refractivity contribution is -0.144. The summed E-state index contributed by atoms with van der Waals surface area (Å²) in [6.07, 6.45) is -22.8. The van der Waals surface area contributed by atoms with Gasteiger partial charge in [-0.15, -0.1) is 0 Å². The van der Waals surface area contributed by atoms with Crippen LogP contribution < -0.4 is 0 Å². The van der Waals surface area contributed by atoms with Gasteiger partial charge in [0.15, 0.2) is 0 Å².